The second kappa shape index (κ2) is 11.2. The average molecular weight is 558 g/mol. The maximum atomic E-state index is 15.9. The van der Waals surface area contributed by atoms with E-state index in [1.807, 2.05) is 30.3 Å². The van der Waals surface area contributed by atoms with E-state index < -0.39 is 49.5 Å². The van der Waals surface area contributed by atoms with Crippen LogP contribution < -0.4 is 10.6 Å². The first-order valence-electron chi connectivity index (χ1n) is 13.1. The quantitative estimate of drug-likeness (QED) is 0.277. The van der Waals surface area contributed by atoms with Crippen molar-refractivity contribution in [3.63, 3.8) is 0 Å². The van der Waals surface area contributed by atoms with E-state index in [2.05, 4.69) is 10.6 Å². The lowest BCUT2D eigenvalue weighted by Gasteiger charge is -2.31. The summed E-state index contributed by atoms with van der Waals surface area (Å²) in [4.78, 5) is 40.6. The van der Waals surface area contributed by atoms with Crippen LogP contribution in [0.2, 0.25) is 18.6 Å². The van der Waals surface area contributed by atoms with Crippen LogP contribution in [0.15, 0.2) is 48.5 Å². The summed E-state index contributed by atoms with van der Waals surface area (Å²) in [7, 11) is -3.47. The van der Waals surface area contributed by atoms with E-state index in [1.165, 1.54) is 11.8 Å². The predicted octanol–water partition coefficient (Wildman–Crippen LogP) is 3.14. The number of anilines is 2. The maximum absolute atomic E-state index is 15.9. The Morgan fingerprint density at radius 1 is 1.23 bits per heavy atom. The molecule has 4 rings (SSSR count). The van der Waals surface area contributed by atoms with E-state index >= 15 is 4.11 Å². The van der Waals surface area contributed by atoms with Crippen molar-refractivity contribution in [1.82, 2.24) is 4.90 Å². The van der Waals surface area contributed by atoms with Crippen molar-refractivity contribution < 1.29 is 33.4 Å². The fourth-order valence-electron chi connectivity index (χ4n) is 5.91. The average Bonchev–Trinajstić information content (AvgIpc) is 3.32. The highest BCUT2D eigenvalue weighted by Crippen LogP contribution is 2.59. The zero-order chi connectivity index (χ0) is 28.5. The summed E-state index contributed by atoms with van der Waals surface area (Å²) in [5.41, 5.74) is -0.0366. The summed E-state index contributed by atoms with van der Waals surface area (Å²) in [6.45, 7) is 6.38. The van der Waals surface area contributed by atoms with Crippen LogP contribution in [0.3, 0.4) is 0 Å². The van der Waals surface area contributed by atoms with Gasteiger partial charge >= 0.3 is 0 Å². The van der Waals surface area contributed by atoms with Gasteiger partial charge in [0.05, 0.1) is 19.1 Å². The Bertz CT molecular complexity index is 1240. The van der Waals surface area contributed by atoms with Crippen LogP contribution in [0.25, 0.3) is 0 Å². The Morgan fingerprint density at radius 3 is 2.54 bits per heavy atom. The summed E-state index contributed by atoms with van der Waals surface area (Å²) in [5, 5.41) is 24.6. The highest BCUT2D eigenvalue weighted by molar-refractivity contribution is 6.72. The number of carbonyl (C=O) groups excluding carboxylic acids is 3. The molecule has 0 aromatic heterocycles. The first-order chi connectivity index (χ1) is 18.4. The van der Waals surface area contributed by atoms with Gasteiger partial charge in [0.25, 0.3) is 11.8 Å². The molecule has 39 heavy (non-hydrogen) atoms. The zero-order valence-corrected chi connectivity index (χ0v) is 23.6. The van der Waals surface area contributed by atoms with Gasteiger partial charge in [0.1, 0.15) is 6.10 Å². The lowest BCUT2D eigenvalue weighted by atomic mass is 9.82. The molecule has 1 spiro atoms. The highest BCUT2D eigenvalue weighted by Gasteiger charge is 2.65. The number of nitrogens with zero attached hydrogens (tertiary/aromatic N) is 1. The van der Waals surface area contributed by atoms with Gasteiger partial charge in [-0.15, -0.1) is 0 Å². The van der Waals surface area contributed by atoms with Crippen molar-refractivity contribution in [3.05, 3.63) is 59.7 Å². The number of aliphatic hydroxyl groups is 2. The number of halogens is 1. The number of amides is 3. The molecule has 4 N–H and O–H groups in total. The number of rotatable bonds is 9. The minimum absolute atomic E-state index is 0.109. The third-order valence-corrected chi connectivity index (χ3v) is 10.1. The Kier molecular flexibility index (Phi) is 8.27. The lowest BCUT2D eigenvalue weighted by molar-refractivity contribution is -0.148. The number of benzene rings is 2. The topological polar surface area (TPSA) is 128 Å². The summed E-state index contributed by atoms with van der Waals surface area (Å²) in [5.74, 6) is -1.96. The number of aliphatic hydroxyl groups excluding tert-OH is 2. The van der Waals surface area contributed by atoms with Gasteiger partial charge in [0.15, 0.2) is 5.60 Å². The van der Waals surface area contributed by atoms with E-state index in [0.29, 0.717) is 16.9 Å². The van der Waals surface area contributed by atoms with Gasteiger partial charge in [0.2, 0.25) is 14.3 Å². The van der Waals surface area contributed by atoms with Crippen molar-refractivity contribution in [2.45, 2.75) is 63.3 Å². The standard InChI is InChI=1S/C28H36FN3O6Si/c1-17-25(39(3,4)29)23(15-24(35)32(12-13-33)16-19-8-6-5-7-9-19)38-28(17)21-14-20(30-26(36)18(2)34)10-11-22(21)31-27(28)37/h5-11,14,17-18,23,25,33-34H,12-13,15-16H2,1-4H3,(H,30,36)(H,31,37)/t17-,18-,23+,25-,28+/m0/s1. The normalized spacial score (nSPS) is 24.8. The minimum atomic E-state index is -3.47. The molecule has 0 bridgehead atoms. The third-order valence-electron chi connectivity index (χ3n) is 7.68. The second-order valence-corrected chi connectivity index (χ2v) is 14.7. The SMILES string of the molecule is C[C@H](O)C(=O)Nc1ccc2c(c1)[C@@]1(O[C@H](CC(=O)N(CCO)Cc3ccccc3)[C@@H]([Si](C)(C)F)[C@@H]1C)C(=O)N2. The molecule has 2 heterocycles. The van der Waals surface area contributed by atoms with Crippen molar-refractivity contribution in [2.24, 2.45) is 5.92 Å². The summed E-state index contributed by atoms with van der Waals surface area (Å²) in [6.07, 6.45) is -2.25. The van der Waals surface area contributed by atoms with Crippen LogP contribution in [-0.2, 0) is 31.3 Å². The van der Waals surface area contributed by atoms with Gasteiger partial charge in [-0.1, -0.05) is 37.3 Å². The van der Waals surface area contributed by atoms with E-state index in [0.717, 1.165) is 5.56 Å². The van der Waals surface area contributed by atoms with Crippen molar-refractivity contribution in [2.75, 3.05) is 23.8 Å². The highest BCUT2D eigenvalue weighted by atomic mass is 28.4. The smallest absolute Gasteiger partial charge is 0.261 e. The number of hydrogen-bond donors (Lipinski definition) is 4. The Morgan fingerprint density at radius 2 is 1.92 bits per heavy atom. The number of nitrogens with one attached hydrogen (secondary N) is 2. The van der Waals surface area contributed by atoms with Crippen LogP contribution in [0.1, 0.15) is 31.4 Å². The van der Waals surface area contributed by atoms with Gasteiger partial charge in [-0.2, -0.15) is 0 Å². The van der Waals surface area contributed by atoms with E-state index in [-0.39, 0.29) is 32.0 Å². The molecule has 0 unspecified atom stereocenters. The van der Waals surface area contributed by atoms with Crippen LogP contribution in [0.4, 0.5) is 15.5 Å². The number of ether oxygens (including phenoxy) is 1. The van der Waals surface area contributed by atoms with E-state index in [4.69, 9.17) is 4.74 Å². The molecule has 0 radical (unpaired) electrons. The van der Waals surface area contributed by atoms with Gasteiger partial charge in [-0.3, -0.25) is 14.4 Å². The molecule has 3 amide bonds. The molecule has 9 nitrogen and oxygen atoms in total. The molecular formula is C28H36FN3O6Si. The summed E-state index contributed by atoms with van der Waals surface area (Å²) >= 11 is 0. The van der Waals surface area contributed by atoms with E-state index in [1.54, 1.807) is 38.2 Å². The summed E-state index contributed by atoms with van der Waals surface area (Å²) in [6, 6.07) is 14.2. The van der Waals surface area contributed by atoms with Crippen molar-refractivity contribution >= 4 is 37.5 Å². The maximum Gasteiger partial charge on any atom is 0.261 e. The first-order valence-corrected chi connectivity index (χ1v) is 16.1. The lowest BCUT2D eigenvalue weighted by Crippen LogP contribution is -2.42. The molecule has 1 saturated heterocycles. The molecule has 2 aliphatic rings. The van der Waals surface area contributed by atoms with Gasteiger partial charge in [0, 0.05) is 41.5 Å². The fraction of sp³-hybridized carbons (Fsp3) is 0.464. The first kappa shape index (κ1) is 28.9. The molecular weight excluding hydrogens is 521 g/mol. The van der Waals surface area contributed by atoms with Gasteiger partial charge in [-0.25, -0.2) is 0 Å². The fourth-order valence-corrected chi connectivity index (χ4v) is 8.40. The number of hydrogen-bond acceptors (Lipinski definition) is 6. The van der Waals surface area contributed by atoms with Crippen LogP contribution in [0.5, 0.6) is 0 Å². The van der Waals surface area contributed by atoms with Crippen LogP contribution >= 0.6 is 0 Å². The number of carbonyl (C=O) groups is 3. The molecule has 2 aromatic carbocycles. The molecule has 0 aliphatic carbocycles. The predicted molar refractivity (Wildman–Crippen MR) is 147 cm³/mol. The minimum Gasteiger partial charge on any atom is -0.395 e. The Balaban J connectivity index is 1.66. The molecule has 2 aromatic rings. The Labute approximate surface area is 228 Å². The molecule has 210 valence electrons. The molecule has 5 atom stereocenters. The second-order valence-electron chi connectivity index (χ2n) is 10.9. The van der Waals surface area contributed by atoms with Crippen molar-refractivity contribution in [3.8, 4) is 0 Å². The van der Waals surface area contributed by atoms with Gasteiger partial charge in [-0.05, 0) is 43.8 Å². The third kappa shape index (κ3) is 5.62. The molecule has 11 heteroatoms. The monoisotopic (exact) mass is 557 g/mol. The van der Waals surface area contributed by atoms with Crippen LogP contribution in [0, 0.1) is 5.92 Å². The van der Waals surface area contributed by atoms with Crippen molar-refractivity contribution in [1.29, 1.82) is 0 Å². The summed E-state index contributed by atoms with van der Waals surface area (Å²) < 4.78 is 22.4. The molecule has 2 aliphatic heterocycles. The van der Waals surface area contributed by atoms with Gasteiger partial charge < -0.3 is 34.6 Å². The van der Waals surface area contributed by atoms with Crippen LogP contribution in [-0.4, -0.2) is 66.6 Å². The number of fused-ring (bicyclic) bond motifs is 2. The largest absolute Gasteiger partial charge is 0.395 e. The Hall–Kier alpha value is -3.12. The zero-order valence-electron chi connectivity index (χ0n) is 22.6. The molecule has 1 fully saturated rings. The molecule has 0 saturated carbocycles. The van der Waals surface area contributed by atoms with E-state index in [9.17, 15) is 24.6 Å².